The number of aromatic carboxylic acids is 1. The van der Waals surface area contributed by atoms with E-state index in [0.29, 0.717) is 30.6 Å². The van der Waals surface area contributed by atoms with Crippen LogP contribution in [0.3, 0.4) is 0 Å². The number of aromatic nitrogens is 2. The number of fused-ring (bicyclic) bond motifs is 1. The number of methoxy groups -OCH3 is 1. The number of nitrogens with zero attached hydrogens (tertiary/aromatic N) is 1. The molecule has 2 rings (SSSR count). The number of carbonyl (C=O) groups is 1. The van der Waals surface area contributed by atoms with Gasteiger partial charge in [0, 0.05) is 20.3 Å². The highest BCUT2D eigenvalue weighted by Crippen LogP contribution is 2.12. The number of ether oxygens (including phenoxy) is 1. The van der Waals surface area contributed by atoms with Gasteiger partial charge in [-0.15, -0.1) is 0 Å². The molecule has 0 saturated carbocycles. The Morgan fingerprint density at radius 2 is 2.15 bits per heavy atom. The molecule has 2 aromatic rings. The maximum atomic E-state index is 11.9. The summed E-state index contributed by atoms with van der Waals surface area (Å²) in [5.74, 6) is -1.09. The second-order valence-corrected chi connectivity index (χ2v) is 4.29. The third kappa shape index (κ3) is 2.62. The first-order chi connectivity index (χ1) is 9.54. The van der Waals surface area contributed by atoms with Crippen LogP contribution in [0, 0.1) is 0 Å². The third-order valence-electron chi connectivity index (χ3n) is 2.95. The van der Waals surface area contributed by atoms with Gasteiger partial charge in [-0.2, -0.15) is 0 Å². The summed E-state index contributed by atoms with van der Waals surface area (Å²) in [6.45, 7) is 0.799. The Morgan fingerprint density at radius 3 is 2.80 bits per heavy atom. The molecular formula is C13H14N2O5. The van der Waals surface area contributed by atoms with Crippen molar-refractivity contribution in [3.8, 4) is 0 Å². The van der Waals surface area contributed by atoms with E-state index in [-0.39, 0.29) is 5.56 Å². The van der Waals surface area contributed by atoms with Crippen LogP contribution in [0.15, 0.2) is 27.8 Å². The molecule has 106 valence electrons. The zero-order chi connectivity index (χ0) is 14.7. The maximum Gasteiger partial charge on any atom is 0.335 e. The zero-order valence-corrected chi connectivity index (χ0v) is 10.9. The van der Waals surface area contributed by atoms with Crippen molar-refractivity contribution in [1.82, 2.24) is 9.55 Å². The summed E-state index contributed by atoms with van der Waals surface area (Å²) in [7, 11) is 1.55. The number of aryl methyl sites for hydroxylation is 1. The molecule has 7 nitrogen and oxygen atoms in total. The van der Waals surface area contributed by atoms with Crippen LogP contribution in [0.4, 0.5) is 0 Å². The van der Waals surface area contributed by atoms with Crippen LogP contribution in [0.2, 0.25) is 0 Å². The number of rotatable bonds is 5. The normalized spacial score (nSPS) is 10.8. The highest BCUT2D eigenvalue weighted by molar-refractivity contribution is 5.92. The van der Waals surface area contributed by atoms with Crippen molar-refractivity contribution in [2.45, 2.75) is 13.0 Å². The monoisotopic (exact) mass is 278 g/mol. The molecule has 1 aromatic carbocycles. The number of benzene rings is 1. The fraction of sp³-hybridized carbons (Fsp3) is 0.308. The van der Waals surface area contributed by atoms with E-state index in [2.05, 4.69) is 4.98 Å². The molecule has 1 aromatic heterocycles. The Labute approximate surface area is 113 Å². The van der Waals surface area contributed by atoms with Gasteiger partial charge in [0.05, 0.1) is 16.6 Å². The second-order valence-electron chi connectivity index (χ2n) is 4.29. The Bertz CT molecular complexity index is 759. The van der Waals surface area contributed by atoms with Gasteiger partial charge in [-0.1, -0.05) is 0 Å². The average Bonchev–Trinajstić information content (AvgIpc) is 2.42. The summed E-state index contributed by atoms with van der Waals surface area (Å²) in [4.78, 5) is 36.8. The van der Waals surface area contributed by atoms with E-state index in [1.165, 1.54) is 22.8 Å². The molecule has 0 unspecified atom stereocenters. The van der Waals surface area contributed by atoms with E-state index in [1.54, 1.807) is 7.11 Å². The van der Waals surface area contributed by atoms with Gasteiger partial charge in [0.1, 0.15) is 0 Å². The molecular weight excluding hydrogens is 264 g/mol. The van der Waals surface area contributed by atoms with Crippen molar-refractivity contribution in [2.24, 2.45) is 0 Å². The molecule has 0 amide bonds. The molecule has 0 atom stereocenters. The minimum atomic E-state index is -1.09. The van der Waals surface area contributed by atoms with E-state index >= 15 is 0 Å². The van der Waals surface area contributed by atoms with Crippen LogP contribution in [-0.4, -0.2) is 34.3 Å². The van der Waals surface area contributed by atoms with Gasteiger partial charge in [-0.3, -0.25) is 9.59 Å². The number of carboxylic acid groups (broad SMARTS) is 1. The van der Waals surface area contributed by atoms with Crippen LogP contribution >= 0.6 is 0 Å². The zero-order valence-electron chi connectivity index (χ0n) is 10.9. The second kappa shape index (κ2) is 5.70. The average molecular weight is 278 g/mol. The summed E-state index contributed by atoms with van der Waals surface area (Å²) in [5.41, 5.74) is -0.549. The summed E-state index contributed by atoms with van der Waals surface area (Å²) in [6.07, 6.45) is 0.579. The molecule has 1 heterocycles. The van der Waals surface area contributed by atoms with Gasteiger partial charge >= 0.3 is 17.1 Å². The summed E-state index contributed by atoms with van der Waals surface area (Å²) < 4.78 is 6.25. The predicted molar refractivity (Wildman–Crippen MR) is 72.3 cm³/mol. The van der Waals surface area contributed by atoms with E-state index in [9.17, 15) is 14.4 Å². The molecule has 0 aliphatic carbocycles. The van der Waals surface area contributed by atoms with Gasteiger partial charge in [-0.25, -0.2) is 4.79 Å². The van der Waals surface area contributed by atoms with Gasteiger partial charge in [-0.05, 0) is 24.6 Å². The van der Waals surface area contributed by atoms with Crippen LogP contribution < -0.4 is 11.1 Å². The Balaban J connectivity index is 2.59. The molecule has 0 aliphatic heterocycles. The van der Waals surface area contributed by atoms with Crippen LogP contribution in [-0.2, 0) is 11.3 Å². The lowest BCUT2D eigenvalue weighted by atomic mass is 10.2. The fourth-order valence-corrected chi connectivity index (χ4v) is 2.00. The lowest BCUT2D eigenvalue weighted by Crippen LogP contribution is -2.36. The predicted octanol–water partition coefficient (Wildman–Crippen LogP) is 0.425. The molecule has 0 spiro atoms. The Morgan fingerprint density at radius 1 is 1.40 bits per heavy atom. The third-order valence-corrected chi connectivity index (χ3v) is 2.95. The highest BCUT2D eigenvalue weighted by atomic mass is 16.5. The number of carboxylic acids is 1. The van der Waals surface area contributed by atoms with Crippen molar-refractivity contribution in [3.05, 3.63) is 44.5 Å². The first-order valence-corrected chi connectivity index (χ1v) is 6.03. The van der Waals surface area contributed by atoms with Crippen molar-refractivity contribution < 1.29 is 14.6 Å². The quantitative estimate of drug-likeness (QED) is 0.610. The maximum absolute atomic E-state index is 11.9. The summed E-state index contributed by atoms with van der Waals surface area (Å²) in [6, 6.07) is 4.25. The molecule has 0 saturated heterocycles. The van der Waals surface area contributed by atoms with Crippen molar-refractivity contribution in [1.29, 1.82) is 0 Å². The SMILES string of the molecule is COCCCn1c(=O)c(=O)[nH]c2cc(C(=O)O)ccc21. The standard InChI is InChI=1S/C13H14N2O5/c1-20-6-2-5-15-10-4-3-8(13(18)19)7-9(10)14-11(16)12(15)17/h3-4,7H,2,5-6H2,1H3,(H,14,16)(H,18,19). The fourth-order valence-electron chi connectivity index (χ4n) is 2.00. The van der Waals surface area contributed by atoms with Gasteiger partial charge in [0.2, 0.25) is 0 Å². The van der Waals surface area contributed by atoms with Crippen molar-refractivity contribution in [2.75, 3.05) is 13.7 Å². The van der Waals surface area contributed by atoms with E-state index in [1.807, 2.05) is 0 Å². The van der Waals surface area contributed by atoms with E-state index < -0.39 is 17.1 Å². The summed E-state index contributed by atoms with van der Waals surface area (Å²) in [5, 5.41) is 8.93. The van der Waals surface area contributed by atoms with Gasteiger partial charge in [0.25, 0.3) is 0 Å². The first kappa shape index (κ1) is 14.0. The summed E-state index contributed by atoms with van der Waals surface area (Å²) >= 11 is 0. The van der Waals surface area contributed by atoms with Gasteiger partial charge < -0.3 is 19.4 Å². The molecule has 7 heteroatoms. The lowest BCUT2D eigenvalue weighted by molar-refractivity contribution is 0.0697. The van der Waals surface area contributed by atoms with Crippen LogP contribution in [0.25, 0.3) is 11.0 Å². The minimum Gasteiger partial charge on any atom is -0.478 e. The molecule has 20 heavy (non-hydrogen) atoms. The van der Waals surface area contributed by atoms with E-state index in [0.717, 1.165) is 0 Å². The first-order valence-electron chi connectivity index (χ1n) is 6.03. The highest BCUT2D eigenvalue weighted by Gasteiger charge is 2.10. The number of hydrogen-bond donors (Lipinski definition) is 2. The molecule has 2 N–H and O–H groups in total. The van der Waals surface area contributed by atoms with Crippen molar-refractivity contribution in [3.63, 3.8) is 0 Å². The van der Waals surface area contributed by atoms with E-state index in [4.69, 9.17) is 9.84 Å². The number of hydrogen-bond acceptors (Lipinski definition) is 4. The Hall–Kier alpha value is -2.41. The van der Waals surface area contributed by atoms with Crippen molar-refractivity contribution >= 4 is 17.0 Å². The number of H-pyrrole nitrogens is 1. The topological polar surface area (TPSA) is 101 Å². The van der Waals surface area contributed by atoms with Gasteiger partial charge in [0.15, 0.2) is 0 Å². The molecule has 0 aliphatic rings. The molecule has 0 radical (unpaired) electrons. The van der Waals surface area contributed by atoms with Crippen LogP contribution in [0.1, 0.15) is 16.8 Å². The molecule has 0 fully saturated rings. The largest absolute Gasteiger partial charge is 0.478 e. The number of aromatic amines is 1. The molecule has 0 bridgehead atoms. The lowest BCUT2D eigenvalue weighted by Gasteiger charge is -2.09. The Kier molecular flexibility index (Phi) is 3.99. The number of nitrogens with one attached hydrogen (secondary N) is 1. The minimum absolute atomic E-state index is 0.0511. The van der Waals surface area contributed by atoms with Crippen LogP contribution in [0.5, 0.6) is 0 Å². The smallest absolute Gasteiger partial charge is 0.335 e.